The van der Waals surface area contributed by atoms with Gasteiger partial charge in [0.15, 0.2) is 0 Å². The zero-order valence-electron chi connectivity index (χ0n) is 13.8. The predicted octanol–water partition coefficient (Wildman–Crippen LogP) is 2.77. The molecule has 1 heterocycles. The smallest absolute Gasteiger partial charge is 0.315 e. The number of amides is 2. The van der Waals surface area contributed by atoms with E-state index in [1.54, 1.807) is 0 Å². The Balaban J connectivity index is 1.86. The summed E-state index contributed by atoms with van der Waals surface area (Å²) in [6.45, 7) is 5.70. The largest absolute Gasteiger partial charge is 0.396 e. The minimum absolute atomic E-state index is 0.0661. The lowest BCUT2D eigenvalue weighted by atomic mass is 9.95. The number of hydrogen-bond acceptors (Lipinski definition) is 3. The van der Waals surface area contributed by atoms with Crippen LogP contribution in [0.2, 0.25) is 5.02 Å². The Morgan fingerprint density at radius 3 is 2.96 bits per heavy atom. The van der Waals surface area contributed by atoms with Gasteiger partial charge in [0, 0.05) is 42.0 Å². The fourth-order valence-electron chi connectivity index (χ4n) is 2.86. The van der Waals surface area contributed by atoms with E-state index in [-0.39, 0.29) is 24.2 Å². The summed E-state index contributed by atoms with van der Waals surface area (Å²) in [5.41, 5.74) is 0.713. The zero-order chi connectivity index (χ0) is 16.9. The van der Waals surface area contributed by atoms with Gasteiger partial charge in [0.05, 0.1) is 0 Å². The molecule has 0 radical (unpaired) electrons. The summed E-state index contributed by atoms with van der Waals surface area (Å²) in [7, 11) is 0. The summed E-state index contributed by atoms with van der Waals surface area (Å²) < 4.78 is 0. The number of aliphatic hydroxyl groups is 1. The molecule has 2 rings (SSSR count). The van der Waals surface area contributed by atoms with Crippen molar-refractivity contribution in [1.29, 1.82) is 0 Å². The van der Waals surface area contributed by atoms with Crippen LogP contribution in [-0.2, 0) is 0 Å². The van der Waals surface area contributed by atoms with Gasteiger partial charge < -0.3 is 20.6 Å². The SMILES string of the molecule is CCC(C)(CCO)NC(=O)NC1CCN(c2cccc(Cl)c2)C1. The van der Waals surface area contributed by atoms with Crippen molar-refractivity contribution in [3.8, 4) is 0 Å². The first kappa shape index (κ1) is 17.9. The second-order valence-corrected chi connectivity index (χ2v) is 6.83. The van der Waals surface area contributed by atoms with Crippen molar-refractivity contribution in [2.24, 2.45) is 0 Å². The van der Waals surface area contributed by atoms with Crippen molar-refractivity contribution < 1.29 is 9.90 Å². The van der Waals surface area contributed by atoms with E-state index in [9.17, 15) is 4.79 Å². The van der Waals surface area contributed by atoms with Gasteiger partial charge in [-0.1, -0.05) is 24.6 Å². The van der Waals surface area contributed by atoms with Crippen LogP contribution in [0, 0.1) is 0 Å². The Hall–Kier alpha value is -1.46. The van der Waals surface area contributed by atoms with E-state index in [0.717, 1.165) is 36.6 Å². The van der Waals surface area contributed by atoms with E-state index in [4.69, 9.17) is 16.7 Å². The molecule has 1 aliphatic rings. The molecular weight excluding hydrogens is 314 g/mol. The summed E-state index contributed by atoms with van der Waals surface area (Å²) >= 11 is 6.04. The van der Waals surface area contributed by atoms with E-state index >= 15 is 0 Å². The summed E-state index contributed by atoms with van der Waals surface area (Å²) in [6, 6.07) is 7.72. The number of carbonyl (C=O) groups excluding carboxylic acids is 1. The fourth-order valence-corrected chi connectivity index (χ4v) is 3.04. The number of carbonyl (C=O) groups is 1. The predicted molar refractivity (Wildman–Crippen MR) is 94.1 cm³/mol. The second-order valence-electron chi connectivity index (χ2n) is 6.40. The first-order valence-electron chi connectivity index (χ1n) is 8.16. The molecule has 128 valence electrons. The molecule has 1 aliphatic heterocycles. The number of benzene rings is 1. The third kappa shape index (κ3) is 5.01. The molecule has 2 unspecified atom stereocenters. The summed E-state index contributed by atoms with van der Waals surface area (Å²) in [4.78, 5) is 14.4. The molecular formula is C17H26ClN3O2. The molecule has 1 aromatic carbocycles. The molecule has 0 bridgehead atoms. The average Bonchev–Trinajstić information content (AvgIpc) is 2.95. The topological polar surface area (TPSA) is 64.6 Å². The lowest BCUT2D eigenvalue weighted by Crippen LogP contribution is -2.53. The summed E-state index contributed by atoms with van der Waals surface area (Å²) in [5.74, 6) is 0. The molecule has 0 aromatic heterocycles. The van der Waals surface area contributed by atoms with Crippen molar-refractivity contribution in [1.82, 2.24) is 10.6 Å². The Labute approximate surface area is 143 Å². The number of nitrogens with one attached hydrogen (secondary N) is 2. The molecule has 0 aliphatic carbocycles. The quantitative estimate of drug-likeness (QED) is 0.746. The van der Waals surface area contributed by atoms with E-state index < -0.39 is 0 Å². The van der Waals surface area contributed by atoms with Crippen molar-refractivity contribution in [3.05, 3.63) is 29.3 Å². The molecule has 1 saturated heterocycles. The number of anilines is 1. The standard InChI is InChI=1S/C17H26ClN3O2/c1-3-17(2,8-10-22)20-16(23)19-14-7-9-21(12-14)15-6-4-5-13(18)11-15/h4-6,11,14,22H,3,7-10,12H2,1-2H3,(H2,19,20,23). The van der Waals surface area contributed by atoms with E-state index in [1.165, 1.54) is 0 Å². The van der Waals surface area contributed by atoms with Crippen LogP contribution in [0.15, 0.2) is 24.3 Å². The van der Waals surface area contributed by atoms with Gasteiger partial charge in [0.2, 0.25) is 0 Å². The fraction of sp³-hybridized carbons (Fsp3) is 0.588. The Morgan fingerprint density at radius 2 is 2.30 bits per heavy atom. The van der Waals surface area contributed by atoms with Crippen molar-refractivity contribution >= 4 is 23.3 Å². The van der Waals surface area contributed by atoms with Gasteiger partial charge in [-0.2, -0.15) is 0 Å². The highest BCUT2D eigenvalue weighted by Crippen LogP contribution is 2.23. The van der Waals surface area contributed by atoms with E-state index in [1.807, 2.05) is 38.1 Å². The first-order valence-corrected chi connectivity index (χ1v) is 8.53. The molecule has 23 heavy (non-hydrogen) atoms. The lowest BCUT2D eigenvalue weighted by molar-refractivity contribution is 0.199. The van der Waals surface area contributed by atoms with Crippen LogP contribution < -0.4 is 15.5 Å². The minimum atomic E-state index is -0.371. The highest BCUT2D eigenvalue weighted by molar-refractivity contribution is 6.30. The maximum atomic E-state index is 12.2. The minimum Gasteiger partial charge on any atom is -0.396 e. The van der Waals surface area contributed by atoms with E-state index in [2.05, 4.69) is 15.5 Å². The third-order valence-corrected chi connectivity index (χ3v) is 4.79. The van der Waals surface area contributed by atoms with Crippen LogP contribution in [0.3, 0.4) is 0 Å². The normalized spacial score (nSPS) is 20.2. The monoisotopic (exact) mass is 339 g/mol. The lowest BCUT2D eigenvalue weighted by Gasteiger charge is -2.29. The number of aliphatic hydroxyl groups excluding tert-OH is 1. The van der Waals surface area contributed by atoms with Crippen LogP contribution >= 0.6 is 11.6 Å². The van der Waals surface area contributed by atoms with Crippen LogP contribution in [-0.4, -0.2) is 42.4 Å². The molecule has 2 amide bonds. The first-order chi connectivity index (χ1) is 11.0. The highest BCUT2D eigenvalue weighted by Gasteiger charge is 2.27. The molecule has 5 nitrogen and oxygen atoms in total. The van der Waals surface area contributed by atoms with E-state index in [0.29, 0.717) is 6.42 Å². The molecule has 6 heteroatoms. The maximum Gasteiger partial charge on any atom is 0.315 e. The van der Waals surface area contributed by atoms with Crippen LogP contribution in [0.1, 0.15) is 33.1 Å². The molecule has 2 atom stereocenters. The Bertz CT molecular complexity index is 540. The van der Waals surface area contributed by atoms with Gasteiger partial charge in [-0.05, 0) is 44.4 Å². The molecule has 0 spiro atoms. The highest BCUT2D eigenvalue weighted by atomic mass is 35.5. The molecule has 3 N–H and O–H groups in total. The number of halogens is 1. The van der Waals surface area contributed by atoms with Gasteiger partial charge in [-0.15, -0.1) is 0 Å². The van der Waals surface area contributed by atoms with Gasteiger partial charge in [0.25, 0.3) is 0 Å². The van der Waals surface area contributed by atoms with Gasteiger partial charge in [-0.3, -0.25) is 0 Å². The van der Waals surface area contributed by atoms with Crippen LogP contribution in [0.25, 0.3) is 0 Å². The number of hydrogen-bond donors (Lipinski definition) is 3. The van der Waals surface area contributed by atoms with Gasteiger partial charge >= 0.3 is 6.03 Å². The molecule has 0 saturated carbocycles. The van der Waals surface area contributed by atoms with Crippen LogP contribution in [0.4, 0.5) is 10.5 Å². The summed E-state index contributed by atoms with van der Waals surface area (Å²) in [5, 5.41) is 15.9. The number of rotatable bonds is 6. The maximum absolute atomic E-state index is 12.2. The number of nitrogens with zero attached hydrogens (tertiary/aromatic N) is 1. The molecule has 1 aromatic rings. The zero-order valence-corrected chi connectivity index (χ0v) is 14.6. The molecule has 1 fully saturated rings. The van der Waals surface area contributed by atoms with Crippen molar-refractivity contribution in [2.45, 2.75) is 44.7 Å². The Kier molecular flexibility index (Phi) is 6.13. The third-order valence-electron chi connectivity index (χ3n) is 4.56. The average molecular weight is 340 g/mol. The second kappa shape index (κ2) is 7.88. The Morgan fingerprint density at radius 1 is 1.52 bits per heavy atom. The van der Waals surface area contributed by atoms with Gasteiger partial charge in [-0.25, -0.2) is 4.79 Å². The van der Waals surface area contributed by atoms with Crippen LogP contribution in [0.5, 0.6) is 0 Å². The van der Waals surface area contributed by atoms with Crippen molar-refractivity contribution in [2.75, 3.05) is 24.6 Å². The van der Waals surface area contributed by atoms with Gasteiger partial charge in [0.1, 0.15) is 0 Å². The summed E-state index contributed by atoms with van der Waals surface area (Å²) in [6.07, 6.45) is 2.24. The van der Waals surface area contributed by atoms with Crippen molar-refractivity contribution in [3.63, 3.8) is 0 Å². The number of urea groups is 1.